The number of nitrogens with one attached hydrogen (secondary N) is 1. The first kappa shape index (κ1) is 24.0. The molecule has 3 heterocycles. The van der Waals surface area contributed by atoms with E-state index in [-0.39, 0.29) is 24.1 Å². The highest BCUT2D eigenvalue weighted by Crippen LogP contribution is 2.39. The fraction of sp³-hybridized carbons (Fsp3) is 0.857. The van der Waals surface area contributed by atoms with Crippen LogP contribution in [0.15, 0.2) is 0 Å². The number of hydrogen-bond donors (Lipinski definition) is 1. The molecule has 0 amide bonds. The van der Waals surface area contributed by atoms with Gasteiger partial charge in [-0.25, -0.2) is 0 Å². The highest BCUT2D eigenvalue weighted by atomic mass is 19.1. The maximum Gasteiger partial charge on any atom is 0.324 e. The molecule has 174 valence electrons. The highest BCUT2D eigenvalue weighted by molar-refractivity contribution is 5.27. The smallest absolute Gasteiger partial charge is 0.324 e. The number of ether oxygens (including phenoxy) is 1. The summed E-state index contributed by atoms with van der Waals surface area (Å²) in [5.74, 6) is 0.0817. The monoisotopic (exact) mass is 438 g/mol. The largest absolute Gasteiger partial charge is 0.460 e. The van der Waals surface area contributed by atoms with Crippen LogP contribution in [0.2, 0.25) is 0 Å². The molecule has 0 aromatic carbocycles. The van der Waals surface area contributed by atoms with Crippen molar-refractivity contribution in [3.05, 3.63) is 6.08 Å². The number of piperidine rings is 2. The Bertz CT molecular complexity index is 718. The minimum absolute atomic E-state index is 0.0817. The SMILES string of the molecule is CC1(C)CC(Nc2nc(F)nc(OC3CC(C)(C)N([O])C(C)(C)C3)n2)CC(C)(C)N1[O]. The summed E-state index contributed by atoms with van der Waals surface area (Å²) in [5.41, 5.74) is -2.40. The van der Waals surface area contributed by atoms with E-state index >= 15 is 0 Å². The fourth-order valence-electron chi connectivity index (χ4n) is 5.40. The standard InChI is InChI=1S/C21H35FN6O3/c1-18(2)9-13(10-19(3,4)27(18)29)23-16-24-15(22)25-17(26-16)31-14-11-20(5,6)28(30)21(7,8)12-14/h13-14H,9-12H2,1-8H3,(H,23,24,25,26). The van der Waals surface area contributed by atoms with Crippen molar-refractivity contribution in [2.24, 2.45) is 0 Å². The van der Waals surface area contributed by atoms with Gasteiger partial charge in [0.1, 0.15) is 6.10 Å². The summed E-state index contributed by atoms with van der Waals surface area (Å²) in [4.78, 5) is 11.8. The van der Waals surface area contributed by atoms with E-state index < -0.39 is 28.2 Å². The van der Waals surface area contributed by atoms with Crippen LogP contribution in [0, 0.1) is 6.08 Å². The van der Waals surface area contributed by atoms with Crippen LogP contribution in [-0.2, 0) is 10.4 Å². The minimum atomic E-state index is -0.938. The lowest BCUT2D eigenvalue weighted by Gasteiger charge is -2.50. The van der Waals surface area contributed by atoms with Crippen molar-refractivity contribution in [3.8, 4) is 6.01 Å². The molecule has 2 aliphatic rings. The van der Waals surface area contributed by atoms with Gasteiger partial charge in [0.05, 0.1) is 0 Å². The second-order valence-electron chi connectivity index (χ2n) is 11.4. The lowest BCUT2D eigenvalue weighted by molar-refractivity contribution is -0.297. The van der Waals surface area contributed by atoms with Crippen molar-refractivity contribution in [2.75, 3.05) is 5.32 Å². The zero-order chi connectivity index (χ0) is 23.4. The van der Waals surface area contributed by atoms with E-state index in [1.807, 2.05) is 55.4 Å². The van der Waals surface area contributed by atoms with Gasteiger partial charge < -0.3 is 10.1 Å². The minimum Gasteiger partial charge on any atom is -0.460 e. The lowest BCUT2D eigenvalue weighted by atomic mass is 9.79. The molecular formula is C21H35FN6O3. The second kappa shape index (κ2) is 7.75. The van der Waals surface area contributed by atoms with E-state index in [1.54, 1.807) is 0 Å². The van der Waals surface area contributed by atoms with Crippen molar-refractivity contribution in [1.29, 1.82) is 0 Å². The van der Waals surface area contributed by atoms with Gasteiger partial charge in [-0.1, -0.05) is 0 Å². The number of halogens is 1. The van der Waals surface area contributed by atoms with Crippen LogP contribution in [-0.4, -0.2) is 59.4 Å². The first-order valence-electron chi connectivity index (χ1n) is 10.8. The summed E-state index contributed by atoms with van der Waals surface area (Å²) < 4.78 is 20.1. The topological polar surface area (TPSA) is 106 Å². The van der Waals surface area contributed by atoms with Crippen LogP contribution in [0.1, 0.15) is 81.1 Å². The zero-order valence-corrected chi connectivity index (χ0v) is 19.8. The number of hydroxylamine groups is 4. The molecule has 0 atom stereocenters. The molecule has 1 aromatic rings. The molecule has 1 aromatic heterocycles. The molecule has 3 rings (SSSR count). The van der Waals surface area contributed by atoms with Gasteiger partial charge in [-0.2, -0.15) is 14.4 Å². The molecule has 2 radical (unpaired) electrons. The Morgan fingerprint density at radius 1 is 0.806 bits per heavy atom. The molecule has 31 heavy (non-hydrogen) atoms. The third-order valence-corrected chi connectivity index (χ3v) is 6.34. The predicted octanol–water partition coefficient (Wildman–Crippen LogP) is 3.54. The van der Waals surface area contributed by atoms with Gasteiger partial charge in [-0.15, -0.1) is 25.5 Å². The third kappa shape index (κ3) is 5.08. The molecule has 0 unspecified atom stereocenters. The number of rotatable bonds is 4. The Kier molecular flexibility index (Phi) is 6.01. The first-order chi connectivity index (χ1) is 14.0. The van der Waals surface area contributed by atoms with Crippen molar-refractivity contribution < 1.29 is 19.5 Å². The van der Waals surface area contributed by atoms with Crippen LogP contribution in [0.25, 0.3) is 0 Å². The molecule has 9 nitrogen and oxygen atoms in total. The molecule has 2 saturated heterocycles. The van der Waals surface area contributed by atoms with Crippen molar-refractivity contribution in [1.82, 2.24) is 25.1 Å². The van der Waals surface area contributed by atoms with Gasteiger partial charge in [-0.05, 0) is 68.2 Å². The average molecular weight is 439 g/mol. The Labute approximate surface area is 183 Å². The summed E-state index contributed by atoms with van der Waals surface area (Å²) in [6.07, 6.45) is 0.806. The molecule has 0 aliphatic carbocycles. The Hall–Kier alpha value is -1.62. The van der Waals surface area contributed by atoms with Gasteiger partial charge in [0.15, 0.2) is 0 Å². The van der Waals surface area contributed by atoms with E-state index in [1.165, 1.54) is 0 Å². The van der Waals surface area contributed by atoms with Crippen LogP contribution in [0.4, 0.5) is 10.3 Å². The van der Waals surface area contributed by atoms with E-state index in [4.69, 9.17) is 4.74 Å². The molecule has 0 saturated carbocycles. The van der Waals surface area contributed by atoms with Gasteiger partial charge in [0, 0.05) is 41.0 Å². The van der Waals surface area contributed by atoms with Gasteiger partial charge >= 0.3 is 12.1 Å². The maximum atomic E-state index is 14.2. The summed E-state index contributed by atoms with van der Waals surface area (Å²) in [7, 11) is 0. The first-order valence-corrected chi connectivity index (χ1v) is 10.8. The molecule has 2 aliphatic heterocycles. The Morgan fingerprint density at radius 2 is 1.26 bits per heavy atom. The van der Waals surface area contributed by atoms with Crippen molar-refractivity contribution in [2.45, 2.75) is 115 Å². The van der Waals surface area contributed by atoms with Crippen LogP contribution in [0.3, 0.4) is 0 Å². The number of nitrogens with zero attached hydrogens (tertiary/aromatic N) is 5. The average Bonchev–Trinajstić information content (AvgIpc) is 2.56. The Balaban J connectivity index is 1.75. The summed E-state index contributed by atoms with van der Waals surface area (Å²) in [5, 5.41) is 30.5. The van der Waals surface area contributed by atoms with Crippen LogP contribution in [0.5, 0.6) is 6.01 Å². The second-order valence-corrected chi connectivity index (χ2v) is 11.4. The van der Waals surface area contributed by atoms with E-state index in [0.717, 1.165) is 10.1 Å². The van der Waals surface area contributed by atoms with Crippen LogP contribution < -0.4 is 10.1 Å². The fourth-order valence-corrected chi connectivity index (χ4v) is 5.40. The summed E-state index contributed by atoms with van der Waals surface area (Å²) in [6.45, 7) is 15.0. The quantitative estimate of drug-likeness (QED) is 0.766. The maximum absolute atomic E-state index is 14.2. The summed E-state index contributed by atoms with van der Waals surface area (Å²) >= 11 is 0. The van der Waals surface area contributed by atoms with Crippen molar-refractivity contribution in [3.63, 3.8) is 0 Å². The lowest BCUT2D eigenvalue weighted by Crippen LogP contribution is -2.60. The van der Waals surface area contributed by atoms with E-state index in [2.05, 4.69) is 20.3 Å². The number of hydrogen-bond acceptors (Lipinski definition) is 7. The number of aromatic nitrogens is 3. The molecule has 2 fully saturated rings. The normalized spacial score (nSPS) is 26.5. The number of anilines is 1. The molecule has 1 N–H and O–H groups in total. The van der Waals surface area contributed by atoms with Crippen LogP contribution >= 0.6 is 0 Å². The zero-order valence-electron chi connectivity index (χ0n) is 19.8. The highest BCUT2D eigenvalue weighted by Gasteiger charge is 2.48. The van der Waals surface area contributed by atoms with Gasteiger partial charge in [0.2, 0.25) is 5.95 Å². The van der Waals surface area contributed by atoms with E-state index in [9.17, 15) is 14.8 Å². The third-order valence-electron chi connectivity index (χ3n) is 6.34. The van der Waals surface area contributed by atoms with E-state index in [0.29, 0.717) is 25.7 Å². The van der Waals surface area contributed by atoms with Gasteiger partial charge in [0.25, 0.3) is 0 Å². The molecule has 0 bridgehead atoms. The molecule has 0 spiro atoms. The molecular weight excluding hydrogens is 403 g/mol. The van der Waals surface area contributed by atoms with Crippen molar-refractivity contribution >= 4 is 5.95 Å². The predicted molar refractivity (Wildman–Crippen MR) is 111 cm³/mol. The Morgan fingerprint density at radius 3 is 1.74 bits per heavy atom. The molecule has 10 heteroatoms. The summed E-state index contributed by atoms with van der Waals surface area (Å²) in [6, 6.07) is -0.211. The van der Waals surface area contributed by atoms with Gasteiger partial charge in [-0.3, -0.25) is 0 Å².